The molecule has 0 saturated heterocycles. The largest absolute Gasteiger partial charge is 0.481 e. The third-order valence-corrected chi connectivity index (χ3v) is 5.54. The van der Waals surface area contributed by atoms with Gasteiger partial charge in [-0.15, -0.1) is 0 Å². The van der Waals surface area contributed by atoms with Gasteiger partial charge in [-0.1, -0.05) is 17.7 Å². The molecule has 0 N–H and O–H groups in total. The second kappa shape index (κ2) is 6.41. The van der Waals surface area contributed by atoms with Crippen LogP contribution in [0.15, 0.2) is 41.3 Å². The molecule has 7 nitrogen and oxygen atoms in total. The van der Waals surface area contributed by atoms with E-state index in [2.05, 4.69) is 9.72 Å². The number of rotatable bonds is 4. The topological polar surface area (TPSA) is 87.5 Å². The lowest BCUT2D eigenvalue weighted by atomic mass is 10.2. The molecular formula is C17H15FN2O5S. The van der Waals surface area contributed by atoms with Crippen LogP contribution in [-0.2, 0) is 14.8 Å². The molecule has 9 heteroatoms. The van der Waals surface area contributed by atoms with Gasteiger partial charge in [0.1, 0.15) is 11.5 Å². The van der Waals surface area contributed by atoms with E-state index in [0.29, 0.717) is 3.97 Å². The summed E-state index contributed by atoms with van der Waals surface area (Å²) in [6.07, 6.45) is 0. The predicted octanol–water partition coefficient (Wildman–Crippen LogP) is 2.52. The SMILES string of the molecule is COC(=O)c1cc2c(F)cc(OC)nc2n1S(=O)(=O)c1ccc(C)cc1. The number of aromatic nitrogens is 2. The van der Waals surface area contributed by atoms with Gasteiger partial charge in [0.2, 0.25) is 5.88 Å². The number of nitrogens with zero attached hydrogens (tertiary/aromatic N) is 2. The molecule has 0 aliphatic carbocycles. The van der Waals surface area contributed by atoms with Gasteiger partial charge in [-0.3, -0.25) is 0 Å². The van der Waals surface area contributed by atoms with Crippen LogP contribution in [0, 0.1) is 12.7 Å². The van der Waals surface area contributed by atoms with E-state index >= 15 is 0 Å². The summed E-state index contributed by atoms with van der Waals surface area (Å²) in [7, 11) is -1.86. The minimum absolute atomic E-state index is 0.0734. The van der Waals surface area contributed by atoms with Crippen molar-refractivity contribution < 1.29 is 27.1 Å². The summed E-state index contributed by atoms with van der Waals surface area (Å²) in [4.78, 5) is 16.1. The molecule has 0 fully saturated rings. The highest BCUT2D eigenvalue weighted by atomic mass is 32.2. The number of hydrogen-bond donors (Lipinski definition) is 0. The Morgan fingerprint density at radius 2 is 1.81 bits per heavy atom. The lowest BCUT2D eigenvalue weighted by Crippen LogP contribution is -2.19. The van der Waals surface area contributed by atoms with Crippen LogP contribution in [0.5, 0.6) is 5.88 Å². The van der Waals surface area contributed by atoms with Crippen LogP contribution in [0.1, 0.15) is 16.1 Å². The van der Waals surface area contributed by atoms with Crippen molar-refractivity contribution in [3.8, 4) is 5.88 Å². The molecular weight excluding hydrogens is 363 g/mol. The van der Waals surface area contributed by atoms with Crippen LogP contribution >= 0.6 is 0 Å². The molecule has 2 aromatic heterocycles. The van der Waals surface area contributed by atoms with E-state index in [4.69, 9.17) is 4.74 Å². The number of hydrogen-bond acceptors (Lipinski definition) is 6. The standard InChI is InChI=1S/C17H15FN2O5S/c1-10-4-6-11(7-5-10)26(22,23)20-14(17(21)25-3)8-12-13(18)9-15(24-2)19-16(12)20/h4-9H,1-3H3. The van der Waals surface area contributed by atoms with Gasteiger partial charge in [0.05, 0.1) is 24.5 Å². The van der Waals surface area contributed by atoms with E-state index in [1.165, 1.54) is 19.2 Å². The molecule has 2 heterocycles. The van der Waals surface area contributed by atoms with Crippen LogP contribution in [-0.4, -0.2) is 37.6 Å². The summed E-state index contributed by atoms with van der Waals surface area (Å²) in [5.41, 5.74) is 0.242. The molecule has 0 aliphatic heterocycles. The highest BCUT2D eigenvalue weighted by Crippen LogP contribution is 2.29. The normalized spacial score (nSPS) is 11.5. The van der Waals surface area contributed by atoms with Crippen LogP contribution in [0.3, 0.4) is 0 Å². The molecule has 0 unspecified atom stereocenters. The van der Waals surface area contributed by atoms with Gasteiger partial charge in [0.15, 0.2) is 5.65 Å². The van der Waals surface area contributed by atoms with Crippen molar-refractivity contribution in [1.29, 1.82) is 0 Å². The summed E-state index contributed by atoms with van der Waals surface area (Å²) in [5, 5.41) is -0.137. The summed E-state index contributed by atoms with van der Waals surface area (Å²) in [6.45, 7) is 1.81. The molecule has 0 bridgehead atoms. The van der Waals surface area contributed by atoms with Gasteiger partial charge >= 0.3 is 5.97 Å². The maximum atomic E-state index is 14.4. The molecule has 136 valence electrons. The summed E-state index contributed by atoms with van der Waals surface area (Å²) in [5.74, 6) is -1.82. The Bertz CT molecular complexity index is 1100. The average Bonchev–Trinajstić information content (AvgIpc) is 3.02. The van der Waals surface area contributed by atoms with Crippen molar-refractivity contribution in [2.45, 2.75) is 11.8 Å². The fourth-order valence-corrected chi connectivity index (χ4v) is 3.94. The summed E-state index contributed by atoms with van der Waals surface area (Å²) in [6, 6.07) is 8.12. The molecule has 1 aromatic carbocycles. The predicted molar refractivity (Wildman–Crippen MR) is 91.3 cm³/mol. The number of halogens is 1. The first-order valence-electron chi connectivity index (χ1n) is 7.46. The minimum Gasteiger partial charge on any atom is -0.481 e. The molecule has 0 saturated carbocycles. The van der Waals surface area contributed by atoms with E-state index in [1.54, 1.807) is 12.1 Å². The summed E-state index contributed by atoms with van der Waals surface area (Å²) < 4.78 is 50.8. The Morgan fingerprint density at radius 1 is 1.15 bits per heavy atom. The lowest BCUT2D eigenvalue weighted by molar-refractivity contribution is 0.0593. The first-order chi connectivity index (χ1) is 12.3. The number of esters is 1. The van der Waals surface area contributed by atoms with E-state index in [0.717, 1.165) is 24.8 Å². The van der Waals surface area contributed by atoms with Crippen molar-refractivity contribution in [3.05, 3.63) is 53.5 Å². The third-order valence-electron chi connectivity index (χ3n) is 3.82. The summed E-state index contributed by atoms with van der Waals surface area (Å²) >= 11 is 0. The van der Waals surface area contributed by atoms with E-state index in [9.17, 15) is 17.6 Å². The fourth-order valence-electron chi connectivity index (χ4n) is 2.50. The molecule has 3 aromatic rings. The number of ether oxygens (including phenoxy) is 2. The van der Waals surface area contributed by atoms with Gasteiger partial charge in [-0.2, -0.15) is 4.98 Å². The number of fused-ring (bicyclic) bond motifs is 1. The smallest absolute Gasteiger partial charge is 0.355 e. The molecule has 0 spiro atoms. The van der Waals surface area contributed by atoms with Crippen LogP contribution in [0.4, 0.5) is 4.39 Å². The molecule has 0 amide bonds. The van der Waals surface area contributed by atoms with Gasteiger partial charge in [-0.25, -0.2) is 21.6 Å². The molecule has 0 radical (unpaired) electrons. The number of carbonyl (C=O) groups excluding carboxylic acids is 1. The fraction of sp³-hybridized carbons (Fsp3) is 0.176. The highest BCUT2D eigenvalue weighted by Gasteiger charge is 2.29. The molecule has 3 rings (SSSR count). The van der Waals surface area contributed by atoms with E-state index in [-0.39, 0.29) is 27.5 Å². The van der Waals surface area contributed by atoms with Crippen LogP contribution in [0.2, 0.25) is 0 Å². The first kappa shape index (κ1) is 17.9. The Morgan fingerprint density at radius 3 is 2.38 bits per heavy atom. The van der Waals surface area contributed by atoms with Crippen LogP contribution < -0.4 is 4.74 Å². The lowest BCUT2D eigenvalue weighted by Gasteiger charge is -2.11. The zero-order chi connectivity index (χ0) is 19.1. The van der Waals surface area contributed by atoms with Crippen molar-refractivity contribution in [2.75, 3.05) is 14.2 Å². The number of carbonyl (C=O) groups is 1. The molecule has 0 aliphatic rings. The Kier molecular flexibility index (Phi) is 4.41. The highest BCUT2D eigenvalue weighted by molar-refractivity contribution is 7.90. The average molecular weight is 378 g/mol. The van der Waals surface area contributed by atoms with E-state index < -0.39 is 21.8 Å². The van der Waals surface area contributed by atoms with Gasteiger partial charge < -0.3 is 9.47 Å². The Balaban J connectivity index is 2.40. The maximum Gasteiger partial charge on any atom is 0.355 e. The van der Waals surface area contributed by atoms with Crippen molar-refractivity contribution in [3.63, 3.8) is 0 Å². The van der Waals surface area contributed by atoms with Gasteiger partial charge in [0.25, 0.3) is 10.0 Å². The first-order valence-corrected chi connectivity index (χ1v) is 8.90. The van der Waals surface area contributed by atoms with Crippen LogP contribution in [0.25, 0.3) is 11.0 Å². The zero-order valence-corrected chi connectivity index (χ0v) is 15.0. The number of benzene rings is 1. The molecule has 0 atom stereocenters. The zero-order valence-electron chi connectivity index (χ0n) is 14.2. The quantitative estimate of drug-likeness (QED) is 0.649. The van der Waals surface area contributed by atoms with Crippen molar-refractivity contribution in [2.24, 2.45) is 0 Å². The second-order valence-corrected chi connectivity index (χ2v) is 7.27. The molecule has 26 heavy (non-hydrogen) atoms. The van der Waals surface area contributed by atoms with Crippen molar-refractivity contribution in [1.82, 2.24) is 8.96 Å². The number of methoxy groups -OCH3 is 2. The third kappa shape index (κ3) is 2.80. The Labute approximate surface area is 149 Å². The maximum absolute atomic E-state index is 14.4. The second-order valence-electron chi connectivity index (χ2n) is 5.49. The monoisotopic (exact) mass is 378 g/mol. The minimum atomic E-state index is -4.24. The van der Waals surface area contributed by atoms with Gasteiger partial charge in [0, 0.05) is 6.07 Å². The Hall–Kier alpha value is -2.94. The van der Waals surface area contributed by atoms with E-state index in [1.807, 2.05) is 6.92 Å². The number of pyridine rings is 1. The van der Waals surface area contributed by atoms with Crippen molar-refractivity contribution >= 4 is 27.0 Å². The van der Waals surface area contributed by atoms with Gasteiger partial charge in [-0.05, 0) is 25.1 Å². The number of aryl methyl sites for hydroxylation is 1.